The monoisotopic (exact) mass is 269 g/mol. The molecule has 0 aromatic heterocycles. The number of benzene rings is 1. The zero-order chi connectivity index (χ0) is 14.4. The first-order chi connectivity index (χ1) is 9.74. The van der Waals surface area contributed by atoms with Gasteiger partial charge in [0.15, 0.2) is 0 Å². The van der Waals surface area contributed by atoms with Crippen molar-refractivity contribution in [2.45, 2.75) is 70.6 Å². The molecular formula is C19H27N. The molecule has 1 aliphatic carbocycles. The Labute approximate surface area is 124 Å². The van der Waals surface area contributed by atoms with E-state index in [0.29, 0.717) is 0 Å². The van der Waals surface area contributed by atoms with Crippen LogP contribution >= 0.6 is 0 Å². The molecule has 1 fully saturated rings. The van der Waals surface area contributed by atoms with Gasteiger partial charge in [0, 0.05) is 0 Å². The van der Waals surface area contributed by atoms with Crippen molar-refractivity contribution in [1.29, 1.82) is 5.26 Å². The standard InChI is InChI=1S/C19H27N/c1-3-5-16-7-9-18(10-8-16)19(15-20)13-11-17(6-4-2)12-14-19/h7-10,17H,3-6,11-14H2,1-2H3. The van der Waals surface area contributed by atoms with Gasteiger partial charge in [0.2, 0.25) is 0 Å². The fourth-order valence-corrected chi connectivity index (χ4v) is 3.61. The van der Waals surface area contributed by atoms with Crippen molar-refractivity contribution >= 4 is 0 Å². The van der Waals surface area contributed by atoms with Gasteiger partial charge in [-0.05, 0) is 49.1 Å². The SMILES string of the molecule is CCCc1ccc(C2(C#N)CCC(CCC)CC2)cc1. The van der Waals surface area contributed by atoms with E-state index in [-0.39, 0.29) is 5.41 Å². The molecule has 20 heavy (non-hydrogen) atoms. The molecule has 0 aliphatic heterocycles. The van der Waals surface area contributed by atoms with Crippen LogP contribution in [0.25, 0.3) is 0 Å². The third-order valence-corrected chi connectivity index (χ3v) is 4.91. The number of aryl methyl sites for hydroxylation is 1. The quantitative estimate of drug-likeness (QED) is 0.703. The highest BCUT2D eigenvalue weighted by Gasteiger charge is 2.36. The van der Waals surface area contributed by atoms with Gasteiger partial charge < -0.3 is 0 Å². The summed E-state index contributed by atoms with van der Waals surface area (Å²) in [5, 5.41) is 9.73. The minimum Gasteiger partial charge on any atom is -0.197 e. The molecule has 1 nitrogen and oxygen atoms in total. The molecule has 0 bridgehead atoms. The highest BCUT2D eigenvalue weighted by Crippen LogP contribution is 2.42. The fourth-order valence-electron chi connectivity index (χ4n) is 3.61. The summed E-state index contributed by atoms with van der Waals surface area (Å²) in [5.74, 6) is 0.848. The molecule has 1 heteroatoms. The Morgan fingerprint density at radius 2 is 1.75 bits per heavy atom. The Bertz CT molecular complexity index is 444. The van der Waals surface area contributed by atoms with Crippen molar-refractivity contribution in [2.75, 3.05) is 0 Å². The zero-order valence-electron chi connectivity index (χ0n) is 13.0. The molecule has 108 valence electrons. The number of hydrogen-bond donors (Lipinski definition) is 0. The summed E-state index contributed by atoms with van der Waals surface area (Å²) in [7, 11) is 0. The maximum atomic E-state index is 9.73. The average Bonchev–Trinajstić information content (AvgIpc) is 2.50. The molecule has 1 aromatic carbocycles. The van der Waals surface area contributed by atoms with Gasteiger partial charge >= 0.3 is 0 Å². The van der Waals surface area contributed by atoms with Gasteiger partial charge in [-0.2, -0.15) is 5.26 Å². The lowest BCUT2D eigenvalue weighted by molar-refractivity contribution is 0.265. The van der Waals surface area contributed by atoms with Gasteiger partial charge in [-0.15, -0.1) is 0 Å². The van der Waals surface area contributed by atoms with Gasteiger partial charge in [-0.3, -0.25) is 0 Å². The van der Waals surface area contributed by atoms with E-state index in [2.05, 4.69) is 44.2 Å². The van der Waals surface area contributed by atoms with Gasteiger partial charge in [0.25, 0.3) is 0 Å². The van der Waals surface area contributed by atoms with E-state index >= 15 is 0 Å². The van der Waals surface area contributed by atoms with E-state index in [1.165, 1.54) is 43.2 Å². The number of nitriles is 1. The summed E-state index contributed by atoms with van der Waals surface area (Å²) in [6.45, 7) is 4.47. The number of nitrogens with zero attached hydrogens (tertiary/aromatic N) is 1. The molecule has 2 rings (SSSR count). The van der Waals surface area contributed by atoms with Gasteiger partial charge in [-0.25, -0.2) is 0 Å². The van der Waals surface area contributed by atoms with Crippen LogP contribution in [-0.2, 0) is 11.8 Å². The number of hydrogen-bond acceptors (Lipinski definition) is 1. The minimum atomic E-state index is -0.213. The highest BCUT2D eigenvalue weighted by molar-refractivity contribution is 5.35. The molecule has 0 atom stereocenters. The van der Waals surface area contributed by atoms with E-state index in [9.17, 15) is 5.26 Å². The predicted molar refractivity (Wildman–Crippen MR) is 84.6 cm³/mol. The molecule has 0 spiro atoms. The van der Waals surface area contributed by atoms with Crippen molar-refractivity contribution in [1.82, 2.24) is 0 Å². The minimum absolute atomic E-state index is 0.213. The molecule has 1 aliphatic rings. The van der Waals surface area contributed by atoms with Crippen LogP contribution < -0.4 is 0 Å². The van der Waals surface area contributed by atoms with E-state index in [0.717, 1.165) is 25.2 Å². The van der Waals surface area contributed by atoms with Crippen molar-refractivity contribution < 1.29 is 0 Å². The average molecular weight is 269 g/mol. The molecular weight excluding hydrogens is 242 g/mol. The van der Waals surface area contributed by atoms with Gasteiger partial charge in [-0.1, -0.05) is 57.4 Å². The van der Waals surface area contributed by atoms with Crippen molar-refractivity contribution in [3.8, 4) is 6.07 Å². The Morgan fingerprint density at radius 3 is 2.25 bits per heavy atom. The fraction of sp³-hybridized carbons (Fsp3) is 0.632. The second-order valence-corrected chi connectivity index (χ2v) is 6.37. The molecule has 0 radical (unpaired) electrons. The summed E-state index contributed by atoms with van der Waals surface area (Å²) < 4.78 is 0. The van der Waals surface area contributed by atoms with Crippen LogP contribution in [0.2, 0.25) is 0 Å². The predicted octanol–water partition coefficient (Wildman–Crippen LogP) is 5.39. The Morgan fingerprint density at radius 1 is 1.10 bits per heavy atom. The number of rotatable bonds is 5. The maximum absolute atomic E-state index is 9.73. The molecule has 0 N–H and O–H groups in total. The second-order valence-electron chi connectivity index (χ2n) is 6.37. The summed E-state index contributed by atoms with van der Waals surface area (Å²) in [4.78, 5) is 0. The maximum Gasteiger partial charge on any atom is 0.0822 e. The first-order valence-corrected chi connectivity index (χ1v) is 8.24. The van der Waals surface area contributed by atoms with Crippen LogP contribution in [0.4, 0.5) is 0 Å². The molecule has 0 heterocycles. The van der Waals surface area contributed by atoms with Crippen LogP contribution in [0.3, 0.4) is 0 Å². The van der Waals surface area contributed by atoms with Crippen molar-refractivity contribution in [3.63, 3.8) is 0 Å². The second kappa shape index (κ2) is 6.93. The molecule has 1 aromatic rings. The Balaban J connectivity index is 2.10. The van der Waals surface area contributed by atoms with Crippen LogP contribution in [-0.4, -0.2) is 0 Å². The molecule has 1 saturated carbocycles. The van der Waals surface area contributed by atoms with Crippen LogP contribution in [0, 0.1) is 17.2 Å². The summed E-state index contributed by atoms with van der Waals surface area (Å²) in [5.41, 5.74) is 2.42. The van der Waals surface area contributed by atoms with Gasteiger partial charge in [0.1, 0.15) is 0 Å². The lowest BCUT2D eigenvalue weighted by Gasteiger charge is -2.35. The molecule has 0 saturated heterocycles. The summed E-state index contributed by atoms with van der Waals surface area (Å²) in [6.07, 6.45) is 9.45. The molecule has 0 amide bonds. The van der Waals surface area contributed by atoms with E-state index in [4.69, 9.17) is 0 Å². The van der Waals surface area contributed by atoms with Crippen LogP contribution in [0.15, 0.2) is 24.3 Å². The lowest BCUT2D eigenvalue weighted by Crippen LogP contribution is -2.30. The lowest BCUT2D eigenvalue weighted by atomic mass is 9.67. The topological polar surface area (TPSA) is 23.8 Å². The van der Waals surface area contributed by atoms with Gasteiger partial charge in [0.05, 0.1) is 11.5 Å². The highest BCUT2D eigenvalue weighted by atomic mass is 14.4. The first kappa shape index (κ1) is 15.1. The Kier molecular flexibility index (Phi) is 5.24. The van der Waals surface area contributed by atoms with E-state index in [1.54, 1.807) is 0 Å². The summed E-state index contributed by atoms with van der Waals surface area (Å²) >= 11 is 0. The van der Waals surface area contributed by atoms with Crippen LogP contribution in [0.5, 0.6) is 0 Å². The smallest absolute Gasteiger partial charge is 0.0822 e. The first-order valence-electron chi connectivity index (χ1n) is 8.24. The van der Waals surface area contributed by atoms with E-state index in [1.807, 2.05) is 0 Å². The van der Waals surface area contributed by atoms with Crippen molar-refractivity contribution in [2.24, 2.45) is 5.92 Å². The summed E-state index contributed by atoms with van der Waals surface area (Å²) in [6, 6.07) is 11.5. The Hall–Kier alpha value is -1.29. The van der Waals surface area contributed by atoms with Crippen LogP contribution in [0.1, 0.15) is 69.9 Å². The van der Waals surface area contributed by atoms with E-state index < -0.39 is 0 Å². The third-order valence-electron chi connectivity index (χ3n) is 4.91. The third kappa shape index (κ3) is 3.23. The normalized spacial score (nSPS) is 26.1. The molecule has 0 unspecified atom stereocenters. The largest absolute Gasteiger partial charge is 0.197 e. The van der Waals surface area contributed by atoms with Crippen molar-refractivity contribution in [3.05, 3.63) is 35.4 Å². The zero-order valence-corrected chi connectivity index (χ0v) is 13.0.